The molecule has 1 aliphatic rings. The summed E-state index contributed by atoms with van der Waals surface area (Å²) in [7, 11) is -4.62. The maximum atomic E-state index is 11.8. The molecule has 2 aromatic carbocycles. The average molecular weight is 247 g/mol. The smallest absolute Gasteiger partial charge is 0.324 e. The number of fused-ring (bicyclic) bond motifs is 3. The maximum absolute atomic E-state index is 11.8. The first-order valence-electron chi connectivity index (χ1n) is 5.71. The molecule has 0 aromatic heterocycles. The SMILES string of the molecule is [2H]C1(P(=O)(O)O)c2ccccc2-c2ccccc21. The lowest BCUT2D eigenvalue weighted by molar-refractivity contribution is 0.365. The molecule has 0 heterocycles. The monoisotopic (exact) mass is 247 g/mol. The Morgan fingerprint density at radius 3 is 1.76 bits per heavy atom. The van der Waals surface area contributed by atoms with Gasteiger partial charge in [-0.05, 0) is 22.3 Å². The van der Waals surface area contributed by atoms with Gasteiger partial charge in [0, 0.05) is 0 Å². The van der Waals surface area contributed by atoms with E-state index >= 15 is 0 Å². The summed E-state index contributed by atoms with van der Waals surface area (Å²) in [4.78, 5) is 19.2. The number of hydrogen-bond acceptors (Lipinski definition) is 1. The van der Waals surface area contributed by atoms with Crippen LogP contribution in [0.25, 0.3) is 11.1 Å². The molecule has 0 saturated carbocycles. The largest absolute Gasteiger partial charge is 0.337 e. The number of rotatable bonds is 1. The zero-order chi connectivity index (χ0) is 13.0. The Bertz CT molecular complexity index is 632. The summed E-state index contributed by atoms with van der Waals surface area (Å²) >= 11 is 0. The summed E-state index contributed by atoms with van der Waals surface area (Å²) < 4.78 is 20.1. The third-order valence-corrected chi connectivity index (χ3v) is 4.01. The molecule has 0 spiro atoms. The van der Waals surface area contributed by atoms with Gasteiger partial charge in [-0.15, -0.1) is 0 Å². The summed E-state index contributed by atoms with van der Waals surface area (Å²) in [6, 6.07) is 13.8. The summed E-state index contributed by atoms with van der Waals surface area (Å²) in [6.45, 7) is 0. The highest BCUT2D eigenvalue weighted by molar-refractivity contribution is 7.52. The van der Waals surface area contributed by atoms with E-state index in [9.17, 15) is 14.4 Å². The van der Waals surface area contributed by atoms with E-state index in [0.29, 0.717) is 11.1 Å². The molecule has 0 unspecified atom stereocenters. The van der Waals surface area contributed by atoms with E-state index in [-0.39, 0.29) is 0 Å². The molecule has 4 heteroatoms. The average Bonchev–Trinajstić information content (AvgIpc) is 2.62. The first-order chi connectivity index (χ1) is 8.46. The van der Waals surface area contributed by atoms with Crippen molar-refractivity contribution in [2.75, 3.05) is 0 Å². The number of hydrogen-bond donors (Lipinski definition) is 2. The molecule has 0 saturated heterocycles. The van der Waals surface area contributed by atoms with Gasteiger partial charge in [-0.1, -0.05) is 48.5 Å². The molecule has 2 N–H and O–H groups in total. The first kappa shape index (κ1) is 9.60. The second-order valence-electron chi connectivity index (χ2n) is 3.98. The van der Waals surface area contributed by atoms with Gasteiger partial charge in [0.25, 0.3) is 0 Å². The Kier molecular flexibility index (Phi) is 2.00. The van der Waals surface area contributed by atoms with Crippen molar-refractivity contribution in [2.24, 2.45) is 0 Å². The Balaban J connectivity index is 2.45. The Labute approximate surface area is 100 Å². The second kappa shape index (κ2) is 3.54. The van der Waals surface area contributed by atoms with Crippen LogP contribution in [0.1, 0.15) is 18.1 Å². The summed E-state index contributed by atoms with van der Waals surface area (Å²) in [5.41, 5.74) is 0.220. The minimum Gasteiger partial charge on any atom is -0.324 e. The van der Waals surface area contributed by atoms with Crippen LogP contribution >= 0.6 is 7.60 Å². The Morgan fingerprint density at radius 1 is 0.941 bits per heavy atom. The summed E-state index contributed by atoms with van der Waals surface area (Å²) in [5, 5.41) is 0. The van der Waals surface area contributed by atoms with Crippen LogP contribution in [0, 0.1) is 0 Å². The van der Waals surface area contributed by atoms with Crippen LogP contribution < -0.4 is 0 Å². The molecule has 0 aliphatic heterocycles. The normalized spacial score (nSPS) is 17.2. The molecule has 0 fully saturated rings. The lowest BCUT2D eigenvalue weighted by atomic mass is 10.1. The minimum absolute atomic E-state index is 0.375. The van der Waals surface area contributed by atoms with Crippen molar-refractivity contribution in [3.63, 3.8) is 0 Å². The van der Waals surface area contributed by atoms with E-state index in [1.807, 2.05) is 0 Å². The van der Waals surface area contributed by atoms with Crippen molar-refractivity contribution in [1.82, 2.24) is 0 Å². The van der Waals surface area contributed by atoms with E-state index in [0.717, 1.165) is 11.1 Å². The highest BCUT2D eigenvalue weighted by Gasteiger charge is 2.39. The fourth-order valence-corrected chi connectivity index (χ4v) is 3.33. The molecule has 2 aromatic rings. The lowest BCUT2D eigenvalue weighted by Crippen LogP contribution is -1.97. The highest BCUT2D eigenvalue weighted by atomic mass is 31.2. The number of benzene rings is 2. The molecule has 0 radical (unpaired) electrons. The van der Waals surface area contributed by atoms with E-state index in [1.54, 1.807) is 48.5 Å². The van der Waals surface area contributed by atoms with Crippen LogP contribution in [0.2, 0.25) is 0 Å². The minimum atomic E-state index is -4.62. The fraction of sp³-hybridized carbons (Fsp3) is 0.0769. The molecule has 0 bridgehead atoms. The van der Waals surface area contributed by atoms with Crippen LogP contribution in [0.15, 0.2) is 48.5 Å². The van der Waals surface area contributed by atoms with E-state index in [1.165, 1.54) is 0 Å². The predicted molar refractivity (Wildman–Crippen MR) is 65.8 cm³/mol. The molecular formula is C13H11O3P. The van der Waals surface area contributed by atoms with Gasteiger partial charge in [-0.25, -0.2) is 0 Å². The highest BCUT2D eigenvalue weighted by Crippen LogP contribution is 2.62. The van der Waals surface area contributed by atoms with E-state index in [4.69, 9.17) is 1.37 Å². The van der Waals surface area contributed by atoms with Crippen molar-refractivity contribution in [1.29, 1.82) is 0 Å². The van der Waals surface area contributed by atoms with Gasteiger partial charge >= 0.3 is 7.60 Å². The van der Waals surface area contributed by atoms with Crippen molar-refractivity contribution >= 4 is 7.60 Å². The molecular weight excluding hydrogens is 235 g/mol. The topological polar surface area (TPSA) is 57.5 Å². The van der Waals surface area contributed by atoms with Crippen molar-refractivity contribution in [2.45, 2.75) is 5.64 Å². The van der Waals surface area contributed by atoms with Gasteiger partial charge in [0.15, 0.2) is 0 Å². The van der Waals surface area contributed by atoms with Gasteiger partial charge in [-0.2, -0.15) is 0 Å². The van der Waals surface area contributed by atoms with Crippen LogP contribution in [0.4, 0.5) is 0 Å². The third kappa shape index (κ3) is 1.55. The zero-order valence-electron chi connectivity index (χ0n) is 9.87. The fourth-order valence-electron chi connectivity index (χ4n) is 2.31. The van der Waals surface area contributed by atoms with E-state index in [2.05, 4.69) is 0 Å². The van der Waals surface area contributed by atoms with Gasteiger partial charge < -0.3 is 9.79 Å². The molecule has 3 nitrogen and oxygen atoms in total. The molecule has 0 amide bonds. The standard InChI is InChI=1S/C13H11O3P/c14-17(15,16)13-11-7-3-1-5-9(11)10-6-2-4-8-12(10)13/h1-8,13H,(H2,14,15,16)/i13D. The Hall–Kier alpha value is -1.41. The molecule has 17 heavy (non-hydrogen) atoms. The Morgan fingerprint density at radius 2 is 1.35 bits per heavy atom. The molecule has 0 atom stereocenters. The molecule has 3 rings (SSSR count). The van der Waals surface area contributed by atoms with Crippen LogP contribution in [-0.4, -0.2) is 9.79 Å². The van der Waals surface area contributed by atoms with Gasteiger partial charge in [-0.3, -0.25) is 4.57 Å². The van der Waals surface area contributed by atoms with Crippen LogP contribution in [-0.2, 0) is 4.57 Å². The maximum Gasteiger partial charge on any atom is 0.337 e. The molecule has 1 aliphatic carbocycles. The molecule has 86 valence electrons. The van der Waals surface area contributed by atoms with Gasteiger partial charge in [0.05, 0.1) is 1.37 Å². The van der Waals surface area contributed by atoms with Crippen LogP contribution in [0.3, 0.4) is 0 Å². The zero-order valence-corrected chi connectivity index (χ0v) is 9.76. The first-order valence-corrected chi connectivity index (χ1v) is 6.82. The van der Waals surface area contributed by atoms with Crippen molar-refractivity contribution in [3.8, 4) is 11.1 Å². The summed E-state index contributed by atoms with van der Waals surface area (Å²) in [5.74, 6) is 0. The van der Waals surface area contributed by atoms with Gasteiger partial charge in [0.2, 0.25) is 0 Å². The van der Waals surface area contributed by atoms with E-state index < -0.39 is 13.2 Å². The van der Waals surface area contributed by atoms with Crippen molar-refractivity contribution < 1.29 is 15.7 Å². The summed E-state index contributed by atoms with van der Waals surface area (Å²) in [6.07, 6.45) is 0. The predicted octanol–water partition coefficient (Wildman–Crippen LogP) is 2.93. The van der Waals surface area contributed by atoms with Crippen molar-refractivity contribution in [3.05, 3.63) is 59.7 Å². The quantitative estimate of drug-likeness (QED) is 0.762. The van der Waals surface area contributed by atoms with Crippen LogP contribution in [0.5, 0.6) is 0 Å². The lowest BCUT2D eigenvalue weighted by Gasteiger charge is -2.14. The second-order valence-corrected chi connectivity index (χ2v) is 5.52. The third-order valence-electron chi connectivity index (χ3n) is 2.95. The van der Waals surface area contributed by atoms with Gasteiger partial charge in [0.1, 0.15) is 5.64 Å².